The molecule has 0 spiro atoms. The lowest BCUT2D eigenvalue weighted by atomic mass is 10.1. The Kier molecular flexibility index (Phi) is 6.33. The molecule has 4 rings (SSSR count). The summed E-state index contributed by atoms with van der Waals surface area (Å²) in [6, 6.07) is 19.9. The molecule has 0 atom stereocenters. The van der Waals surface area contributed by atoms with Gasteiger partial charge in [-0.05, 0) is 49.7 Å². The van der Waals surface area contributed by atoms with E-state index in [1.807, 2.05) is 43.3 Å². The van der Waals surface area contributed by atoms with Crippen LogP contribution in [0.3, 0.4) is 0 Å². The molecule has 9 nitrogen and oxygen atoms in total. The van der Waals surface area contributed by atoms with Gasteiger partial charge in [0.2, 0.25) is 0 Å². The Morgan fingerprint density at radius 2 is 1.48 bits per heavy atom. The molecule has 0 saturated carbocycles. The maximum absolute atomic E-state index is 13.3. The Balaban J connectivity index is 0.000000491. The third-order valence-corrected chi connectivity index (χ3v) is 4.32. The molecule has 0 unspecified atom stereocenters. The molecule has 2 N–H and O–H groups in total. The van der Waals surface area contributed by atoms with Crippen LogP contribution < -0.4 is 20.7 Å². The van der Waals surface area contributed by atoms with Gasteiger partial charge in [-0.15, -0.1) is 9.13 Å². The molecule has 10 heteroatoms. The van der Waals surface area contributed by atoms with Crippen molar-refractivity contribution >= 4 is 7.82 Å². The number of aryl methyl sites for hydroxylation is 2. The van der Waals surface area contributed by atoms with Gasteiger partial charge in [-0.2, -0.15) is 4.79 Å². The van der Waals surface area contributed by atoms with Crippen molar-refractivity contribution in [2.24, 2.45) is 0 Å². The SMILES string of the molecule is Cc1cc(C)c2c(=O)n(-c3ccccc3)c(=O)[n+](-c3ccccc3)c-2o1.O=P([O-])(O)O. The van der Waals surface area contributed by atoms with Crippen LogP contribution in [-0.4, -0.2) is 14.4 Å². The van der Waals surface area contributed by atoms with Crippen molar-refractivity contribution < 1.29 is 28.2 Å². The number of aromatic nitrogens is 2. The summed E-state index contributed by atoms with van der Waals surface area (Å²) in [5.41, 5.74) is 1.47. The van der Waals surface area contributed by atoms with Crippen LogP contribution in [0, 0.1) is 13.8 Å². The molecule has 160 valence electrons. The van der Waals surface area contributed by atoms with Crippen molar-refractivity contribution in [2.75, 3.05) is 0 Å². The summed E-state index contributed by atoms with van der Waals surface area (Å²) < 4.78 is 17.2. The van der Waals surface area contributed by atoms with E-state index in [4.69, 9.17) is 23.7 Å². The Bertz CT molecular complexity index is 1330. The van der Waals surface area contributed by atoms with Crippen molar-refractivity contribution in [3.63, 3.8) is 0 Å². The predicted molar refractivity (Wildman–Crippen MR) is 110 cm³/mol. The highest BCUT2D eigenvalue weighted by Crippen LogP contribution is 2.21. The minimum absolute atomic E-state index is 0.260. The standard InChI is InChI=1S/C21H17N2O3.H3O4P/c1-14-13-15(2)26-20-18(14)19(24)22(16-9-5-3-6-10-16)21(25)23(20)17-11-7-4-8-12-17;1-5(2,3)4/h3-13H,1-2H3;(H3,1,2,3,4)/q+1;/p-1. The van der Waals surface area contributed by atoms with Gasteiger partial charge in [0.25, 0.3) is 7.82 Å². The van der Waals surface area contributed by atoms with Crippen molar-refractivity contribution in [3.8, 4) is 22.8 Å². The first kappa shape index (κ1) is 22.3. The van der Waals surface area contributed by atoms with Gasteiger partial charge in [-0.3, -0.25) is 4.57 Å². The van der Waals surface area contributed by atoms with E-state index < -0.39 is 13.5 Å². The van der Waals surface area contributed by atoms with Crippen LogP contribution in [0.4, 0.5) is 0 Å². The molecular weight excluding hydrogens is 423 g/mol. The average Bonchev–Trinajstić information content (AvgIpc) is 2.68. The number of phosphoric acid groups is 1. The van der Waals surface area contributed by atoms with Crippen molar-refractivity contribution in [1.82, 2.24) is 4.57 Å². The van der Waals surface area contributed by atoms with E-state index in [-0.39, 0.29) is 11.4 Å². The van der Waals surface area contributed by atoms with Crippen LogP contribution in [0.15, 0.2) is 80.7 Å². The second-order valence-corrected chi connectivity index (χ2v) is 7.62. The van der Waals surface area contributed by atoms with E-state index >= 15 is 0 Å². The molecule has 0 fully saturated rings. The van der Waals surface area contributed by atoms with Crippen LogP contribution in [0.25, 0.3) is 22.8 Å². The zero-order valence-electron chi connectivity index (χ0n) is 16.6. The molecule has 2 aliphatic rings. The summed E-state index contributed by atoms with van der Waals surface area (Å²) in [6.45, 7) is 3.65. The summed E-state index contributed by atoms with van der Waals surface area (Å²) in [7, 11) is -4.89. The molecule has 2 heterocycles. The van der Waals surface area contributed by atoms with Gasteiger partial charge in [-0.1, -0.05) is 36.4 Å². The molecule has 2 aliphatic heterocycles. The number of hydrogen-bond donors (Lipinski definition) is 2. The topological polar surface area (TPSA) is 137 Å². The zero-order valence-corrected chi connectivity index (χ0v) is 17.5. The van der Waals surface area contributed by atoms with E-state index in [2.05, 4.69) is 0 Å². The molecule has 2 aromatic rings. The lowest BCUT2D eigenvalue weighted by Gasteiger charge is -2.11. The molecule has 0 saturated heterocycles. The Hall–Kier alpha value is -3.36. The molecule has 0 aromatic heterocycles. The zero-order chi connectivity index (χ0) is 22.8. The lowest BCUT2D eigenvalue weighted by Crippen LogP contribution is -2.58. The fourth-order valence-corrected chi connectivity index (χ4v) is 3.19. The van der Waals surface area contributed by atoms with E-state index in [1.54, 1.807) is 37.3 Å². The Labute approximate surface area is 176 Å². The fraction of sp³-hybridized carbons (Fsp3) is 0.0952. The minimum Gasteiger partial charge on any atom is -0.756 e. The lowest BCUT2D eigenvalue weighted by molar-refractivity contribution is -0.615. The van der Waals surface area contributed by atoms with Gasteiger partial charge in [0.15, 0.2) is 5.56 Å². The van der Waals surface area contributed by atoms with Crippen LogP contribution in [0.1, 0.15) is 11.3 Å². The first-order chi connectivity index (χ1) is 14.6. The monoisotopic (exact) mass is 442 g/mol. The Morgan fingerprint density at radius 1 is 0.968 bits per heavy atom. The third-order valence-electron chi connectivity index (χ3n) is 4.32. The van der Waals surface area contributed by atoms with Gasteiger partial charge >= 0.3 is 17.1 Å². The molecule has 0 amide bonds. The average molecular weight is 442 g/mol. The maximum atomic E-state index is 13.3. The quantitative estimate of drug-likeness (QED) is 0.352. The highest BCUT2D eigenvalue weighted by atomic mass is 31.2. The normalized spacial score (nSPS) is 11.1. The first-order valence-electron chi connectivity index (χ1n) is 9.07. The van der Waals surface area contributed by atoms with E-state index in [0.717, 1.165) is 5.56 Å². The highest BCUT2D eigenvalue weighted by Gasteiger charge is 2.32. The van der Waals surface area contributed by atoms with Gasteiger partial charge in [0, 0.05) is 0 Å². The van der Waals surface area contributed by atoms with E-state index in [9.17, 15) is 9.59 Å². The van der Waals surface area contributed by atoms with Crippen LogP contribution in [0.5, 0.6) is 0 Å². The number of nitrogens with zero attached hydrogens (tertiary/aromatic N) is 2. The maximum Gasteiger partial charge on any atom is 0.514 e. The second kappa shape index (κ2) is 8.79. The highest BCUT2D eigenvalue weighted by molar-refractivity contribution is 7.43. The van der Waals surface area contributed by atoms with Crippen LogP contribution >= 0.6 is 7.82 Å². The van der Waals surface area contributed by atoms with Crippen LogP contribution in [-0.2, 0) is 4.57 Å². The molecule has 0 bridgehead atoms. The van der Waals surface area contributed by atoms with Gasteiger partial charge in [0.1, 0.15) is 17.1 Å². The third kappa shape index (κ3) is 5.04. The van der Waals surface area contributed by atoms with Crippen molar-refractivity contribution in [1.29, 1.82) is 0 Å². The molecule has 31 heavy (non-hydrogen) atoms. The largest absolute Gasteiger partial charge is 0.756 e. The van der Waals surface area contributed by atoms with Crippen molar-refractivity contribution in [2.45, 2.75) is 13.8 Å². The van der Waals surface area contributed by atoms with Gasteiger partial charge in [0.05, 0.1) is 0 Å². The molecular formula is C21H19N2O7P. The van der Waals surface area contributed by atoms with Crippen LogP contribution in [0.2, 0.25) is 0 Å². The number of para-hydroxylation sites is 2. The summed E-state index contributed by atoms with van der Waals surface area (Å²) in [5.74, 6) is 0.895. The Morgan fingerprint density at radius 3 is 2.03 bits per heavy atom. The molecule has 0 aliphatic carbocycles. The summed E-state index contributed by atoms with van der Waals surface area (Å²) >= 11 is 0. The van der Waals surface area contributed by atoms with E-state index in [1.165, 1.54) is 9.13 Å². The van der Waals surface area contributed by atoms with Crippen molar-refractivity contribution in [3.05, 3.63) is 98.9 Å². The number of rotatable bonds is 2. The number of hydrogen-bond acceptors (Lipinski definition) is 5. The van der Waals surface area contributed by atoms with Gasteiger partial charge < -0.3 is 19.1 Å². The summed E-state index contributed by atoms with van der Waals surface area (Å²) in [4.78, 5) is 49.4. The fourth-order valence-electron chi connectivity index (χ4n) is 3.19. The van der Waals surface area contributed by atoms with E-state index in [0.29, 0.717) is 22.7 Å². The molecule has 2 aromatic carbocycles. The van der Waals surface area contributed by atoms with Gasteiger partial charge in [-0.25, -0.2) is 4.79 Å². The predicted octanol–water partition coefficient (Wildman–Crippen LogP) is 1.23. The second-order valence-electron chi connectivity index (χ2n) is 6.64. The first-order valence-corrected chi connectivity index (χ1v) is 10.6. The summed E-state index contributed by atoms with van der Waals surface area (Å²) in [5, 5.41) is 0. The molecule has 0 radical (unpaired) electrons. The summed E-state index contributed by atoms with van der Waals surface area (Å²) in [6.07, 6.45) is 0. The number of fused-ring (bicyclic) bond motifs is 1. The smallest absolute Gasteiger partial charge is 0.514 e. The minimum atomic E-state index is -4.89. The number of benzene rings is 2.